The largest absolute Gasteiger partial charge is 0.122 e. The van der Waals surface area contributed by atoms with Gasteiger partial charge >= 0.3 is 0 Å². The Labute approximate surface area is 180 Å². The van der Waals surface area contributed by atoms with Crippen LogP contribution in [0.3, 0.4) is 0 Å². The van der Waals surface area contributed by atoms with Crippen LogP contribution < -0.4 is 0 Å². The maximum Gasteiger partial charge on any atom is 0.0401 e. The van der Waals surface area contributed by atoms with E-state index in [1.165, 1.54) is 102 Å². The zero-order valence-electron chi connectivity index (χ0n) is 18.5. The summed E-state index contributed by atoms with van der Waals surface area (Å²) in [4.78, 5) is 0. The minimum atomic E-state index is 0.362. The molecule has 0 bridgehead atoms. The molecule has 0 aromatic carbocycles. The molecule has 0 aromatic heterocycles. The van der Waals surface area contributed by atoms with Crippen molar-refractivity contribution < 1.29 is 0 Å². The van der Waals surface area contributed by atoms with Crippen molar-refractivity contribution in [3.05, 3.63) is 24.3 Å². The van der Waals surface area contributed by atoms with E-state index in [0.29, 0.717) is 5.38 Å². The van der Waals surface area contributed by atoms with Crippen molar-refractivity contribution >= 4 is 11.6 Å². The number of halogens is 1. The minimum absolute atomic E-state index is 0.362. The van der Waals surface area contributed by atoms with E-state index in [4.69, 9.17) is 11.6 Å². The molecule has 1 heteroatoms. The highest BCUT2D eigenvalue weighted by molar-refractivity contribution is 6.21. The van der Waals surface area contributed by atoms with Gasteiger partial charge in [-0.25, -0.2) is 0 Å². The van der Waals surface area contributed by atoms with Crippen LogP contribution in [0.4, 0.5) is 0 Å². The second-order valence-corrected chi connectivity index (χ2v) is 11.0. The Balaban J connectivity index is 1.24. The zero-order valence-corrected chi connectivity index (χ0v) is 19.3. The number of hydrogen-bond donors (Lipinski definition) is 0. The van der Waals surface area contributed by atoms with Crippen LogP contribution in [0.1, 0.15) is 110 Å². The smallest absolute Gasteiger partial charge is 0.0401 e. The van der Waals surface area contributed by atoms with Gasteiger partial charge in [-0.15, -0.1) is 11.6 Å². The Bertz CT molecular complexity index is 476. The average molecular weight is 405 g/mol. The lowest BCUT2D eigenvalue weighted by Gasteiger charge is -2.30. The van der Waals surface area contributed by atoms with Crippen molar-refractivity contribution in [3.8, 4) is 0 Å². The summed E-state index contributed by atoms with van der Waals surface area (Å²) in [5.41, 5.74) is 1.37. The summed E-state index contributed by atoms with van der Waals surface area (Å²) in [6.45, 7) is 6.48. The topological polar surface area (TPSA) is 0 Å². The first kappa shape index (κ1) is 22.5. The molecule has 2 atom stereocenters. The van der Waals surface area contributed by atoms with E-state index >= 15 is 0 Å². The number of rotatable bonds is 8. The highest BCUT2D eigenvalue weighted by Gasteiger charge is 2.25. The molecule has 0 saturated heterocycles. The van der Waals surface area contributed by atoms with Gasteiger partial charge in [0.25, 0.3) is 0 Å². The molecule has 3 aliphatic rings. The van der Waals surface area contributed by atoms with Crippen molar-refractivity contribution in [3.63, 3.8) is 0 Å². The molecule has 0 radical (unpaired) electrons. The molecule has 0 N–H and O–H groups in total. The standard InChI is InChI=1S/C27H45Cl/c1-3-22-9-11-24(12-10-22)17-18-25-15-13-23(14-16-25)6-4-5-7-26-19-8-21(2)20-27(26)28/h17-18,22-27H,2-16,19-20H2,1H3. The van der Waals surface area contributed by atoms with Gasteiger partial charge in [-0.05, 0) is 107 Å². The molecule has 3 saturated carbocycles. The van der Waals surface area contributed by atoms with Crippen molar-refractivity contribution in [2.75, 3.05) is 0 Å². The molecular weight excluding hydrogens is 360 g/mol. The molecule has 3 fully saturated rings. The number of unbranched alkanes of at least 4 members (excludes halogenated alkanes) is 1. The number of alkyl halides is 1. The summed E-state index contributed by atoms with van der Waals surface area (Å²) in [7, 11) is 0. The summed E-state index contributed by atoms with van der Waals surface area (Å²) in [6, 6.07) is 0. The summed E-state index contributed by atoms with van der Waals surface area (Å²) in [5, 5.41) is 0.362. The van der Waals surface area contributed by atoms with Gasteiger partial charge in [0.05, 0.1) is 0 Å². The van der Waals surface area contributed by atoms with Gasteiger partial charge in [0, 0.05) is 5.38 Å². The second kappa shape index (κ2) is 11.8. The van der Waals surface area contributed by atoms with Gasteiger partial charge in [0.2, 0.25) is 0 Å². The lowest BCUT2D eigenvalue weighted by Crippen LogP contribution is -2.20. The van der Waals surface area contributed by atoms with Gasteiger partial charge in [0.15, 0.2) is 0 Å². The first-order valence-corrected chi connectivity index (χ1v) is 13.1. The fraction of sp³-hybridized carbons (Fsp3) is 0.852. The SMILES string of the molecule is C=C1CCC(CCCCC2CCC(C=CC3CCC(CC)CC3)CC2)C(Cl)C1. The molecule has 3 aliphatic carbocycles. The van der Waals surface area contributed by atoms with Gasteiger partial charge in [0.1, 0.15) is 0 Å². The van der Waals surface area contributed by atoms with E-state index in [2.05, 4.69) is 25.7 Å². The second-order valence-electron chi connectivity index (χ2n) is 10.4. The Morgan fingerprint density at radius 2 is 1.39 bits per heavy atom. The van der Waals surface area contributed by atoms with Crippen LogP contribution in [0, 0.1) is 29.6 Å². The molecule has 0 spiro atoms. The molecule has 0 amide bonds. The van der Waals surface area contributed by atoms with Crippen LogP contribution in [0.15, 0.2) is 24.3 Å². The minimum Gasteiger partial charge on any atom is -0.122 e. The predicted molar refractivity (Wildman–Crippen MR) is 125 cm³/mol. The van der Waals surface area contributed by atoms with Crippen molar-refractivity contribution in [1.82, 2.24) is 0 Å². The molecule has 160 valence electrons. The summed E-state index contributed by atoms with van der Waals surface area (Å²) >= 11 is 6.55. The molecule has 3 rings (SSSR count). The maximum atomic E-state index is 6.55. The number of hydrogen-bond acceptors (Lipinski definition) is 0. The molecule has 0 nitrogen and oxygen atoms in total. The van der Waals surface area contributed by atoms with E-state index in [1.54, 1.807) is 0 Å². The molecule has 0 aromatic rings. The normalized spacial score (nSPS) is 37.4. The van der Waals surface area contributed by atoms with Crippen LogP contribution in [0.5, 0.6) is 0 Å². The Hall–Kier alpha value is -0.230. The van der Waals surface area contributed by atoms with Gasteiger partial charge in [-0.2, -0.15) is 0 Å². The van der Waals surface area contributed by atoms with E-state index in [0.717, 1.165) is 36.0 Å². The lowest BCUT2D eigenvalue weighted by atomic mass is 9.77. The van der Waals surface area contributed by atoms with E-state index in [9.17, 15) is 0 Å². The van der Waals surface area contributed by atoms with Gasteiger partial charge in [-0.3, -0.25) is 0 Å². The van der Waals surface area contributed by atoms with E-state index in [1.807, 2.05) is 0 Å². The molecule has 2 unspecified atom stereocenters. The lowest BCUT2D eigenvalue weighted by molar-refractivity contribution is 0.279. The van der Waals surface area contributed by atoms with Crippen LogP contribution in [-0.2, 0) is 0 Å². The van der Waals surface area contributed by atoms with Crippen molar-refractivity contribution in [1.29, 1.82) is 0 Å². The first-order valence-electron chi connectivity index (χ1n) is 12.6. The van der Waals surface area contributed by atoms with Crippen LogP contribution in [0.2, 0.25) is 0 Å². The van der Waals surface area contributed by atoms with Crippen LogP contribution in [0.25, 0.3) is 0 Å². The van der Waals surface area contributed by atoms with Crippen LogP contribution in [-0.4, -0.2) is 5.38 Å². The fourth-order valence-corrected chi connectivity index (χ4v) is 6.52. The summed E-state index contributed by atoms with van der Waals surface area (Å²) < 4.78 is 0. The first-order chi connectivity index (χ1) is 13.6. The maximum absolute atomic E-state index is 6.55. The summed E-state index contributed by atoms with van der Waals surface area (Å²) in [5.74, 6) is 4.55. The third-order valence-electron chi connectivity index (χ3n) is 8.32. The van der Waals surface area contributed by atoms with E-state index < -0.39 is 0 Å². The van der Waals surface area contributed by atoms with Gasteiger partial charge in [-0.1, -0.05) is 56.9 Å². The third-order valence-corrected chi connectivity index (χ3v) is 8.83. The van der Waals surface area contributed by atoms with E-state index in [-0.39, 0.29) is 0 Å². The molecule has 28 heavy (non-hydrogen) atoms. The summed E-state index contributed by atoms with van der Waals surface area (Å²) in [6.07, 6.45) is 27.5. The highest BCUT2D eigenvalue weighted by Crippen LogP contribution is 2.37. The molecule has 0 heterocycles. The third kappa shape index (κ3) is 7.23. The number of allylic oxidation sites excluding steroid dienone is 3. The predicted octanol–water partition coefficient (Wildman–Crippen LogP) is 9.09. The Kier molecular flexibility index (Phi) is 9.49. The highest BCUT2D eigenvalue weighted by atomic mass is 35.5. The monoisotopic (exact) mass is 404 g/mol. The Morgan fingerprint density at radius 1 is 0.821 bits per heavy atom. The van der Waals surface area contributed by atoms with Crippen molar-refractivity contribution in [2.45, 2.75) is 115 Å². The quantitative estimate of drug-likeness (QED) is 0.215. The molecular formula is C27H45Cl. The van der Waals surface area contributed by atoms with Crippen LogP contribution >= 0.6 is 11.6 Å². The van der Waals surface area contributed by atoms with Gasteiger partial charge < -0.3 is 0 Å². The average Bonchev–Trinajstić information content (AvgIpc) is 2.72. The fourth-order valence-electron chi connectivity index (χ4n) is 6.05. The molecule has 0 aliphatic heterocycles. The van der Waals surface area contributed by atoms with Crippen molar-refractivity contribution in [2.24, 2.45) is 29.6 Å². The zero-order chi connectivity index (χ0) is 19.8. The Morgan fingerprint density at radius 3 is 1.96 bits per heavy atom.